The molecule has 0 fully saturated rings. The zero-order chi connectivity index (χ0) is 11.0. The lowest BCUT2D eigenvalue weighted by molar-refractivity contribution is 0.0699. The Balaban J connectivity index is 2.87. The average molecular weight is 223 g/mol. The number of carbonyl (C=O) groups is 1. The second-order valence-electron chi connectivity index (χ2n) is 3.17. The molecule has 4 nitrogen and oxygen atoms in total. The highest BCUT2D eigenvalue weighted by Crippen LogP contribution is 2.26. The Bertz CT molecular complexity index is 582. The Hall–Kier alpha value is -1.62. The number of aromatic amines is 1. The normalized spacial score (nSPS) is 10.7. The van der Waals surface area contributed by atoms with Gasteiger partial charge >= 0.3 is 5.97 Å². The Kier molecular flexibility index (Phi) is 2.32. The highest BCUT2D eigenvalue weighted by atomic mass is 32.1. The van der Waals surface area contributed by atoms with Gasteiger partial charge in [-0.3, -0.25) is 4.79 Å². The number of fused-ring (bicyclic) bond motifs is 1. The molecule has 0 radical (unpaired) electrons. The van der Waals surface area contributed by atoms with E-state index in [1.165, 1.54) is 17.4 Å². The van der Waals surface area contributed by atoms with Crippen LogP contribution < -0.4 is 5.56 Å². The van der Waals surface area contributed by atoms with Crippen LogP contribution in [0.1, 0.15) is 22.8 Å². The molecule has 2 aromatic heterocycles. The van der Waals surface area contributed by atoms with Gasteiger partial charge in [0.05, 0.1) is 15.8 Å². The summed E-state index contributed by atoms with van der Waals surface area (Å²) in [5.74, 6) is -1.01. The molecule has 5 heteroatoms. The molecule has 2 aromatic rings. The van der Waals surface area contributed by atoms with Crippen LogP contribution in [0.2, 0.25) is 0 Å². The molecule has 0 spiro atoms. The Morgan fingerprint density at radius 2 is 2.33 bits per heavy atom. The van der Waals surface area contributed by atoms with Gasteiger partial charge in [0.15, 0.2) is 0 Å². The summed E-state index contributed by atoms with van der Waals surface area (Å²) in [5.41, 5.74) is 1.26. The third-order valence-electron chi connectivity index (χ3n) is 2.25. The summed E-state index contributed by atoms with van der Waals surface area (Å²) in [6.45, 7) is 1.94. The lowest BCUT2D eigenvalue weighted by Gasteiger charge is -1.98. The van der Waals surface area contributed by atoms with Crippen LogP contribution in [-0.2, 0) is 6.42 Å². The van der Waals surface area contributed by atoms with Crippen molar-refractivity contribution in [3.05, 3.63) is 32.9 Å². The van der Waals surface area contributed by atoms with Crippen molar-refractivity contribution in [3.63, 3.8) is 0 Å². The highest BCUT2D eigenvalue weighted by molar-refractivity contribution is 7.17. The first kappa shape index (κ1) is 9.92. The highest BCUT2D eigenvalue weighted by Gasteiger charge is 2.13. The van der Waals surface area contributed by atoms with Crippen molar-refractivity contribution < 1.29 is 9.90 Å². The summed E-state index contributed by atoms with van der Waals surface area (Å²) in [6.07, 6.45) is 0.722. The van der Waals surface area contributed by atoms with E-state index >= 15 is 0 Å². The van der Waals surface area contributed by atoms with E-state index in [9.17, 15) is 9.59 Å². The van der Waals surface area contributed by atoms with Crippen molar-refractivity contribution in [1.82, 2.24) is 4.98 Å². The first-order valence-electron chi connectivity index (χ1n) is 4.50. The van der Waals surface area contributed by atoms with Crippen molar-refractivity contribution >= 4 is 27.5 Å². The SMILES string of the molecule is CCc1cc(=O)[nH]c2c(C(=O)O)csc12. The molecule has 2 N–H and O–H groups in total. The second kappa shape index (κ2) is 3.51. The standard InChI is InChI=1S/C10H9NO3S/c1-2-5-3-7(12)11-8-6(10(13)14)4-15-9(5)8/h3-4H,2H2,1H3,(H,11,12)(H,13,14). The van der Waals surface area contributed by atoms with Gasteiger partial charge in [0.2, 0.25) is 5.56 Å². The molecule has 78 valence electrons. The van der Waals surface area contributed by atoms with Gasteiger partial charge in [-0.15, -0.1) is 11.3 Å². The summed E-state index contributed by atoms with van der Waals surface area (Å²) in [6, 6.07) is 1.52. The predicted octanol–water partition coefficient (Wildman–Crippen LogP) is 1.85. The van der Waals surface area contributed by atoms with Crippen LogP contribution in [-0.4, -0.2) is 16.1 Å². The number of aromatic carboxylic acids is 1. The molecule has 0 saturated heterocycles. The summed E-state index contributed by atoms with van der Waals surface area (Å²) in [5, 5.41) is 10.5. The van der Waals surface area contributed by atoms with E-state index in [0.29, 0.717) is 5.52 Å². The number of rotatable bonds is 2. The summed E-state index contributed by atoms with van der Waals surface area (Å²) in [4.78, 5) is 24.7. The third-order valence-corrected chi connectivity index (χ3v) is 3.30. The molecule has 0 unspecified atom stereocenters. The van der Waals surface area contributed by atoms with Gasteiger partial charge in [-0.05, 0) is 12.0 Å². The molecule has 0 aromatic carbocycles. The van der Waals surface area contributed by atoms with Crippen molar-refractivity contribution in [3.8, 4) is 0 Å². The molecule has 0 aliphatic rings. The van der Waals surface area contributed by atoms with Gasteiger partial charge < -0.3 is 10.1 Å². The van der Waals surface area contributed by atoms with E-state index in [-0.39, 0.29) is 11.1 Å². The largest absolute Gasteiger partial charge is 0.478 e. The van der Waals surface area contributed by atoms with Crippen LogP contribution in [0.25, 0.3) is 10.2 Å². The summed E-state index contributed by atoms with van der Waals surface area (Å²) >= 11 is 1.35. The second-order valence-corrected chi connectivity index (χ2v) is 4.05. The number of carboxylic acid groups (broad SMARTS) is 1. The maximum absolute atomic E-state index is 11.3. The Labute approximate surface area is 89.2 Å². The van der Waals surface area contributed by atoms with Crippen molar-refractivity contribution in [2.24, 2.45) is 0 Å². The predicted molar refractivity (Wildman–Crippen MR) is 58.8 cm³/mol. The van der Waals surface area contributed by atoms with Gasteiger partial charge in [-0.2, -0.15) is 0 Å². The molecule has 0 saturated carbocycles. The van der Waals surface area contributed by atoms with Crippen LogP contribution >= 0.6 is 11.3 Å². The molecular weight excluding hydrogens is 214 g/mol. The van der Waals surface area contributed by atoms with Crippen molar-refractivity contribution in [1.29, 1.82) is 0 Å². The lowest BCUT2D eigenvalue weighted by atomic mass is 10.1. The van der Waals surface area contributed by atoms with E-state index in [0.717, 1.165) is 16.7 Å². The zero-order valence-corrected chi connectivity index (χ0v) is 8.85. The first-order chi connectivity index (χ1) is 7.13. The summed E-state index contributed by atoms with van der Waals surface area (Å²) in [7, 11) is 0. The maximum atomic E-state index is 11.3. The smallest absolute Gasteiger partial charge is 0.338 e. The number of thiophene rings is 1. The molecular formula is C10H9NO3S. The van der Waals surface area contributed by atoms with Crippen LogP contribution in [0, 0.1) is 0 Å². The van der Waals surface area contributed by atoms with Crippen LogP contribution in [0.15, 0.2) is 16.2 Å². The van der Waals surface area contributed by atoms with E-state index in [1.54, 1.807) is 5.38 Å². The third kappa shape index (κ3) is 1.55. The average Bonchev–Trinajstić information content (AvgIpc) is 2.59. The number of nitrogens with one attached hydrogen (secondary N) is 1. The fraction of sp³-hybridized carbons (Fsp3) is 0.200. The molecule has 15 heavy (non-hydrogen) atoms. The van der Waals surface area contributed by atoms with Gasteiger partial charge in [-0.25, -0.2) is 4.79 Å². The molecule has 2 heterocycles. The number of aryl methyl sites for hydroxylation is 1. The molecule has 2 rings (SSSR count). The van der Waals surface area contributed by atoms with Crippen molar-refractivity contribution in [2.75, 3.05) is 0 Å². The monoisotopic (exact) mass is 223 g/mol. The van der Waals surface area contributed by atoms with Crippen molar-refractivity contribution in [2.45, 2.75) is 13.3 Å². The number of aromatic nitrogens is 1. The minimum absolute atomic E-state index is 0.169. The van der Waals surface area contributed by atoms with E-state index in [2.05, 4.69) is 4.98 Å². The minimum Gasteiger partial charge on any atom is -0.478 e. The van der Waals surface area contributed by atoms with Crippen LogP contribution in [0.3, 0.4) is 0 Å². The molecule has 0 aliphatic carbocycles. The lowest BCUT2D eigenvalue weighted by Crippen LogP contribution is -2.07. The molecule has 0 aliphatic heterocycles. The maximum Gasteiger partial charge on any atom is 0.338 e. The fourth-order valence-electron chi connectivity index (χ4n) is 1.52. The molecule has 0 atom stereocenters. The molecule has 0 bridgehead atoms. The Morgan fingerprint density at radius 3 is 2.93 bits per heavy atom. The number of carboxylic acids is 1. The number of hydrogen-bond acceptors (Lipinski definition) is 3. The minimum atomic E-state index is -1.01. The van der Waals surface area contributed by atoms with Gasteiger partial charge in [0.25, 0.3) is 0 Å². The topological polar surface area (TPSA) is 70.2 Å². The van der Waals surface area contributed by atoms with Gasteiger partial charge in [0.1, 0.15) is 0 Å². The zero-order valence-electron chi connectivity index (χ0n) is 8.03. The van der Waals surface area contributed by atoms with Crippen LogP contribution in [0.5, 0.6) is 0 Å². The van der Waals surface area contributed by atoms with E-state index < -0.39 is 5.97 Å². The van der Waals surface area contributed by atoms with E-state index in [4.69, 9.17) is 5.11 Å². The van der Waals surface area contributed by atoms with Crippen LogP contribution in [0.4, 0.5) is 0 Å². The quantitative estimate of drug-likeness (QED) is 0.816. The number of pyridine rings is 1. The fourth-order valence-corrected chi connectivity index (χ4v) is 2.61. The Morgan fingerprint density at radius 1 is 1.60 bits per heavy atom. The van der Waals surface area contributed by atoms with Gasteiger partial charge in [-0.1, -0.05) is 6.92 Å². The van der Waals surface area contributed by atoms with E-state index in [1.807, 2.05) is 6.92 Å². The number of hydrogen-bond donors (Lipinski definition) is 2. The van der Waals surface area contributed by atoms with Gasteiger partial charge in [0, 0.05) is 11.4 Å². The number of H-pyrrole nitrogens is 1. The first-order valence-corrected chi connectivity index (χ1v) is 5.38. The molecule has 0 amide bonds. The summed E-state index contributed by atoms with van der Waals surface area (Å²) < 4.78 is 0.856.